The third kappa shape index (κ3) is 4.26. The summed E-state index contributed by atoms with van der Waals surface area (Å²) in [5, 5.41) is 3.53. The number of fused-ring (bicyclic) bond motifs is 3. The molecule has 1 N–H and O–H groups in total. The monoisotopic (exact) mass is 438 g/mol. The van der Waals surface area contributed by atoms with Gasteiger partial charge in [0, 0.05) is 28.1 Å². The van der Waals surface area contributed by atoms with Crippen LogP contribution in [0.1, 0.15) is 43.4 Å². The molecule has 1 amide bonds. The molecule has 30 heavy (non-hydrogen) atoms. The number of benzene rings is 1. The summed E-state index contributed by atoms with van der Waals surface area (Å²) in [6.07, 6.45) is -2.06. The Morgan fingerprint density at radius 1 is 1.20 bits per heavy atom. The third-order valence-electron chi connectivity index (χ3n) is 6.27. The average molecular weight is 439 g/mol. The Morgan fingerprint density at radius 2 is 1.93 bits per heavy atom. The van der Waals surface area contributed by atoms with Crippen LogP contribution in [-0.2, 0) is 11.0 Å². The zero-order valence-corrected chi connectivity index (χ0v) is 17.1. The molecule has 1 aromatic carbocycles. The molecule has 1 aromatic heterocycles. The first kappa shape index (κ1) is 21.0. The van der Waals surface area contributed by atoms with Gasteiger partial charge in [0.2, 0.25) is 11.8 Å². The van der Waals surface area contributed by atoms with Crippen LogP contribution in [-0.4, -0.2) is 17.5 Å². The molecule has 1 fully saturated rings. The van der Waals surface area contributed by atoms with Gasteiger partial charge in [-0.15, -0.1) is 0 Å². The molecular formula is C22H22ClF3N2O2. The van der Waals surface area contributed by atoms with Gasteiger partial charge in [0.05, 0.1) is 6.61 Å². The van der Waals surface area contributed by atoms with Gasteiger partial charge in [-0.3, -0.25) is 4.79 Å². The van der Waals surface area contributed by atoms with Gasteiger partial charge in [-0.25, -0.2) is 4.98 Å². The fraction of sp³-hybridized carbons (Fsp3) is 0.455. The van der Waals surface area contributed by atoms with E-state index in [1.165, 1.54) is 6.07 Å². The summed E-state index contributed by atoms with van der Waals surface area (Å²) < 4.78 is 44.4. The predicted octanol–water partition coefficient (Wildman–Crippen LogP) is 5.92. The van der Waals surface area contributed by atoms with E-state index in [4.69, 9.17) is 16.3 Å². The highest BCUT2D eigenvalue weighted by molar-refractivity contribution is 6.30. The molecular weight excluding hydrogens is 417 g/mol. The van der Waals surface area contributed by atoms with Crippen molar-refractivity contribution in [1.82, 2.24) is 4.98 Å². The van der Waals surface area contributed by atoms with Gasteiger partial charge in [-0.05, 0) is 61.4 Å². The maximum Gasteiger partial charge on any atom is 0.433 e. The number of pyridine rings is 1. The molecule has 2 aliphatic rings. The minimum atomic E-state index is -4.49. The fourth-order valence-corrected chi connectivity index (χ4v) is 4.67. The van der Waals surface area contributed by atoms with Crippen LogP contribution < -0.4 is 10.1 Å². The number of halogens is 4. The molecule has 4 atom stereocenters. The summed E-state index contributed by atoms with van der Waals surface area (Å²) in [6, 6.07) is 9.50. The number of hydrogen-bond acceptors (Lipinski definition) is 3. The number of carbonyl (C=O) groups is 1. The number of hydrogen-bond donors (Lipinski definition) is 1. The molecule has 0 spiro atoms. The summed E-state index contributed by atoms with van der Waals surface area (Å²) >= 11 is 5.88. The average Bonchev–Trinajstić information content (AvgIpc) is 2.73. The maximum absolute atomic E-state index is 12.9. The van der Waals surface area contributed by atoms with Crippen molar-refractivity contribution in [3.8, 4) is 5.88 Å². The number of carbonyl (C=O) groups excluding carboxylic acids is 1. The van der Waals surface area contributed by atoms with Crippen molar-refractivity contribution < 1.29 is 22.7 Å². The quantitative estimate of drug-likeness (QED) is 0.647. The number of anilines is 1. The molecule has 0 saturated heterocycles. The Morgan fingerprint density at radius 3 is 2.63 bits per heavy atom. The number of alkyl halides is 3. The Labute approximate surface area is 177 Å². The number of nitrogens with one attached hydrogen (secondary N) is 1. The maximum atomic E-state index is 12.9. The van der Waals surface area contributed by atoms with Crippen LogP contribution in [0.4, 0.5) is 18.9 Å². The number of aromatic nitrogens is 1. The van der Waals surface area contributed by atoms with Crippen LogP contribution in [0.25, 0.3) is 0 Å². The van der Waals surface area contributed by atoms with Crippen LogP contribution in [0.3, 0.4) is 0 Å². The molecule has 2 aromatic rings. The van der Waals surface area contributed by atoms with E-state index in [1.807, 2.05) is 6.92 Å². The summed E-state index contributed by atoms with van der Waals surface area (Å²) in [5.74, 6) is 0.333. The predicted molar refractivity (Wildman–Crippen MR) is 108 cm³/mol. The standard InChI is InChI=1S/C22H22ClF3N2O2/c1-12(20(29)27-16-5-3-15(23)4-6-16)13-2-7-17-14(10-13)11-30-21-18(17)8-9-19(28-21)22(24,25)26/h3-6,8-9,12-14,17H,2,7,10-11H2,1H3,(H,27,29)/t12-,13-,14?,17-/m0/s1. The van der Waals surface area contributed by atoms with Gasteiger partial charge in [0.25, 0.3) is 0 Å². The molecule has 1 saturated carbocycles. The summed E-state index contributed by atoms with van der Waals surface area (Å²) in [4.78, 5) is 16.4. The first-order valence-corrected chi connectivity index (χ1v) is 10.4. The molecule has 0 bridgehead atoms. The first-order chi connectivity index (χ1) is 14.2. The SMILES string of the molecule is C[C@H](C(=O)Nc1ccc(Cl)cc1)[C@H]1CC[C@@H]2c3ccc(C(F)(F)F)nc3OCC2C1. The van der Waals surface area contributed by atoms with Crippen LogP contribution in [0.15, 0.2) is 36.4 Å². The van der Waals surface area contributed by atoms with E-state index < -0.39 is 11.9 Å². The van der Waals surface area contributed by atoms with Crippen molar-refractivity contribution in [3.63, 3.8) is 0 Å². The minimum absolute atomic E-state index is 0.0469. The highest BCUT2D eigenvalue weighted by Gasteiger charge is 2.41. The topological polar surface area (TPSA) is 51.2 Å². The van der Waals surface area contributed by atoms with E-state index in [9.17, 15) is 18.0 Å². The van der Waals surface area contributed by atoms with Crippen molar-refractivity contribution in [2.45, 2.75) is 38.3 Å². The van der Waals surface area contributed by atoms with Crippen LogP contribution in [0.5, 0.6) is 5.88 Å². The highest BCUT2D eigenvalue weighted by Crippen LogP contribution is 2.48. The largest absolute Gasteiger partial charge is 0.477 e. The number of amides is 1. The Bertz CT molecular complexity index is 933. The molecule has 160 valence electrons. The van der Waals surface area contributed by atoms with Gasteiger partial charge in [-0.1, -0.05) is 24.6 Å². The van der Waals surface area contributed by atoms with Gasteiger partial charge in [0.15, 0.2) is 0 Å². The van der Waals surface area contributed by atoms with E-state index in [-0.39, 0.29) is 35.5 Å². The molecule has 4 rings (SSSR count). The third-order valence-corrected chi connectivity index (χ3v) is 6.52. The molecule has 4 nitrogen and oxygen atoms in total. The molecule has 1 aliphatic heterocycles. The summed E-state index contributed by atoms with van der Waals surface area (Å²) in [5.41, 5.74) is 0.517. The van der Waals surface area contributed by atoms with Crippen LogP contribution >= 0.6 is 11.6 Å². The van der Waals surface area contributed by atoms with E-state index >= 15 is 0 Å². The van der Waals surface area contributed by atoms with Gasteiger partial charge >= 0.3 is 6.18 Å². The normalized spacial score (nSPS) is 24.2. The fourth-order valence-electron chi connectivity index (χ4n) is 4.54. The van der Waals surface area contributed by atoms with Crippen molar-refractivity contribution in [3.05, 3.63) is 52.7 Å². The van der Waals surface area contributed by atoms with Crippen molar-refractivity contribution >= 4 is 23.2 Å². The highest BCUT2D eigenvalue weighted by atomic mass is 35.5. The van der Waals surface area contributed by atoms with Gasteiger partial charge in [0.1, 0.15) is 5.69 Å². The molecule has 1 aliphatic carbocycles. The summed E-state index contributed by atoms with van der Waals surface area (Å²) in [6.45, 7) is 2.25. The lowest BCUT2D eigenvalue weighted by atomic mass is 9.67. The van der Waals surface area contributed by atoms with E-state index in [2.05, 4.69) is 10.3 Å². The van der Waals surface area contributed by atoms with Crippen molar-refractivity contribution in [2.24, 2.45) is 17.8 Å². The van der Waals surface area contributed by atoms with Crippen molar-refractivity contribution in [1.29, 1.82) is 0 Å². The van der Waals surface area contributed by atoms with Crippen LogP contribution in [0, 0.1) is 17.8 Å². The molecule has 1 unspecified atom stereocenters. The minimum Gasteiger partial charge on any atom is -0.477 e. The van der Waals surface area contributed by atoms with Gasteiger partial charge in [-0.2, -0.15) is 13.2 Å². The summed E-state index contributed by atoms with van der Waals surface area (Å²) in [7, 11) is 0. The number of ether oxygens (including phenoxy) is 1. The van der Waals surface area contributed by atoms with E-state index in [0.29, 0.717) is 17.3 Å². The first-order valence-electron chi connectivity index (χ1n) is 9.99. The smallest absolute Gasteiger partial charge is 0.433 e. The zero-order valence-electron chi connectivity index (χ0n) is 16.4. The van der Waals surface area contributed by atoms with Crippen LogP contribution in [0.2, 0.25) is 5.02 Å². The van der Waals surface area contributed by atoms with E-state index in [1.54, 1.807) is 24.3 Å². The van der Waals surface area contributed by atoms with Crippen molar-refractivity contribution in [2.75, 3.05) is 11.9 Å². The number of nitrogens with zero attached hydrogens (tertiary/aromatic N) is 1. The lowest BCUT2D eigenvalue weighted by Crippen LogP contribution is -2.37. The molecule has 8 heteroatoms. The Hall–Kier alpha value is -2.28. The second-order valence-electron chi connectivity index (χ2n) is 8.12. The molecule has 0 radical (unpaired) electrons. The molecule has 2 heterocycles. The lowest BCUT2D eigenvalue weighted by Gasteiger charge is -2.41. The second-order valence-corrected chi connectivity index (χ2v) is 8.56. The Balaban J connectivity index is 1.42. The lowest BCUT2D eigenvalue weighted by molar-refractivity contribution is -0.141. The van der Waals surface area contributed by atoms with Gasteiger partial charge < -0.3 is 10.1 Å². The Kier molecular flexibility index (Phi) is 5.66. The zero-order chi connectivity index (χ0) is 21.5. The van der Waals surface area contributed by atoms with E-state index in [0.717, 1.165) is 30.9 Å². The second kappa shape index (κ2) is 8.10. The number of rotatable bonds is 3.